The van der Waals surface area contributed by atoms with Crippen LogP contribution in [-0.2, 0) is 16.0 Å². The fraction of sp³-hybridized carbons (Fsp3) is 0.500. The average molecular weight is 275 g/mol. The first-order chi connectivity index (χ1) is 9.34. The van der Waals surface area contributed by atoms with E-state index in [4.69, 9.17) is 0 Å². The molecule has 4 nitrogen and oxygen atoms in total. The average Bonchev–Trinajstić information content (AvgIpc) is 3.17. The minimum Gasteiger partial charge on any atom is -0.480 e. The van der Waals surface area contributed by atoms with E-state index >= 15 is 0 Å². The lowest BCUT2D eigenvalue weighted by molar-refractivity contribution is -0.154. The third kappa shape index (κ3) is 2.84. The Labute approximate surface area is 119 Å². The van der Waals surface area contributed by atoms with Gasteiger partial charge in [0.15, 0.2) is 0 Å². The van der Waals surface area contributed by atoms with Gasteiger partial charge in [-0.05, 0) is 56.7 Å². The zero-order chi connectivity index (χ0) is 14.9. The summed E-state index contributed by atoms with van der Waals surface area (Å²) in [5.74, 6) is -1.45. The van der Waals surface area contributed by atoms with E-state index in [1.807, 2.05) is 32.0 Å². The van der Waals surface area contributed by atoms with Crippen LogP contribution in [0.25, 0.3) is 0 Å². The second kappa shape index (κ2) is 5.27. The molecule has 0 spiro atoms. The van der Waals surface area contributed by atoms with Crippen molar-refractivity contribution in [2.24, 2.45) is 5.41 Å². The monoisotopic (exact) mass is 275 g/mol. The van der Waals surface area contributed by atoms with Gasteiger partial charge in [-0.25, -0.2) is 0 Å². The van der Waals surface area contributed by atoms with Gasteiger partial charge in [0.2, 0.25) is 5.91 Å². The summed E-state index contributed by atoms with van der Waals surface area (Å²) in [5, 5.41) is 12.3. The predicted octanol–water partition coefficient (Wildman–Crippen LogP) is 2.22. The van der Waals surface area contributed by atoms with Gasteiger partial charge in [0.25, 0.3) is 0 Å². The molecule has 1 aliphatic rings. The normalized spacial score (nSPS) is 17.4. The van der Waals surface area contributed by atoms with Crippen LogP contribution in [0.2, 0.25) is 0 Å². The molecular formula is C16H21NO3. The Bertz CT molecular complexity index is 528. The largest absolute Gasteiger partial charge is 0.480 e. The number of amides is 1. The highest BCUT2D eigenvalue weighted by molar-refractivity contribution is 6.02. The third-order valence-electron chi connectivity index (χ3n) is 4.06. The molecule has 4 heteroatoms. The van der Waals surface area contributed by atoms with Crippen molar-refractivity contribution in [3.63, 3.8) is 0 Å². The molecule has 0 heterocycles. The molecule has 2 N–H and O–H groups in total. The Kier molecular flexibility index (Phi) is 3.84. The molecule has 0 saturated heterocycles. The van der Waals surface area contributed by atoms with Gasteiger partial charge in [0.1, 0.15) is 5.41 Å². The number of hydrogen-bond acceptors (Lipinski definition) is 2. The summed E-state index contributed by atoms with van der Waals surface area (Å²) in [6.45, 7) is 5.41. The molecule has 0 aromatic heterocycles. The molecule has 1 aromatic carbocycles. The van der Waals surface area contributed by atoms with Crippen molar-refractivity contribution < 1.29 is 14.7 Å². The molecule has 2 rings (SSSR count). The fourth-order valence-electron chi connectivity index (χ4n) is 2.31. The van der Waals surface area contributed by atoms with Crippen molar-refractivity contribution in [3.05, 3.63) is 34.9 Å². The van der Waals surface area contributed by atoms with Crippen LogP contribution in [0.1, 0.15) is 36.5 Å². The summed E-state index contributed by atoms with van der Waals surface area (Å²) >= 11 is 0. The summed E-state index contributed by atoms with van der Waals surface area (Å²) < 4.78 is 0. The van der Waals surface area contributed by atoms with Crippen LogP contribution in [0.3, 0.4) is 0 Å². The number of carbonyl (C=O) groups is 2. The molecular weight excluding hydrogens is 254 g/mol. The van der Waals surface area contributed by atoms with Crippen LogP contribution in [-0.4, -0.2) is 23.0 Å². The van der Waals surface area contributed by atoms with Gasteiger partial charge in [-0.15, -0.1) is 0 Å². The summed E-state index contributed by atoms with van der Waals surface area (Å²) in [5.41, 5.74) is 1.58. The number of carboxylic acid groups (broad SMARTS) is 1. The molecule has 1 atom stereocenters. The fourth-order valence-corrected chi connectivity index (χ4v) is 2.31. The number of carbonyl (C=O) groups excluding carboxylic acids is 1. The summed E-state index contributed by atoms with van der Waals surface area (Å²) in [7, 11) is 0. The van der Waals surface area contributed by atoms with E-state index in [0.29, 0.717) is 0 Å². The van der Waals surface area contributed by atoms with Crippen LogP contribution in [0.5, 0.6) is 0 Å². The highest BCUT2D eigenvalue weighted by Gasteiger charge is 2.43. The lowest BCUT2D eigenvalue weighted by Gasteiger charge is -2.25. The van der Waals surface area contributed by atoms with Gasteiger partial charge in [-0.2, -0.15) is 0 Å². The highest BCUT2D eigenvalue weighted by atomic mass is 16.4. The second-order valence-corrected chi connectivity index (χ2v) is 5.93. The smallest absolute Gasteiger partial charge is 0.319 e. The van der Waals surface area contributed by atoms with Gasteiger partial charge in [0, 0.05) is 6.04 Å². The lowest BCUT2D eigenvalue weighted by atomic mass is 9.80. The minimum absolute atomic E-state index is 0.166. The Hall–Kier alpha value is -1.84. The van der Waals surface area contributed by atoms with E-state index in [-0.39, 0.29) is 18.4 Å². The molecule has 1 aromatic rings. The maximum absolute atomic E-state index is 12.3. The zero-order valence-electron chi connectivity index (χ0n) is 12.2. The molecule has 108 valence electrons. The molecule has 0 radical (unpaired) electrons. The van der Waals surface area contributed by atoms with Gasteiger partial charge in [-0.1, -0.05) is 18.2 Å². The van der Waals surface area contributed by atoms with E-state index < -0.39 is 11.4 Å². The van der Waals surface area contributed by atoms with Crippen molar-refractivity contribution in [2.45, 2.75) is 46.1 Å². The van der Waals surface area contributed by atoms with Crippen LogP contribution < -0.4 is 5.32 Å². The first-order valence-electron chi connectivity index (χ1n) is 6.94. The second-order valence-electron chi connectivity index (χ2n) is 5.93. The van der Waals surface area contributed by atoms with Crippen LogP contribution >= 0.6 is 0 Å². The molecule has 0 bridgehead atoms. The van der Waals surface area contributed by atoms with Gasteiger partial charge in [-0.3, -0.25) is 9.59 Å². The van der Waals surface area contributed by atoms with Crippen LogP contribution in [0, 0.1) is 19.3 Å². The number of carboxylic acids is 1. The molecule has 1 unspecified atom stereocenters. The van der Waals surface area contributed by atoms with Gasteiger partial charge < -0.3 is 10.4 Å². The Balaban J connectivity index is 2.28. The molecule has 1 aliphatic carbocycles. The van der Waals surface area contributed by atoms with Crippen LogP contribution in [0.4, 0.5) is 0 Å². The first-order valence-corrected chi connectivity index (χ1v) is 6.94. The Morgan fingerprint density at radius 1 is 1.30 bits per heavy atom. The van der Waals surface area contributed by atoms with E-state index in [0.717, 1.165) is 29.5 Å². The summed E-state index contributed by atoms with van der Waals surface area (Å²) in [6.07, 6.45) is 2.12. The number of benzene rings is 1. The van der Waals surface area contributed by atoms with Crippen molar-refractivity contribution in [2.75, 3.05) is 0 Å². The number of aryl methyl sites for hydroxylation is 2. The predicted molar refractivity (Wildman–Crippen MR) is 76.5 cm³/mol. The number of nitrogens with one attached hydrogen (secondary N) is 1. The van der Waals surface area contributed by atoms with Crippen molar-refractivity contribution in [1.82, 2.24) is 5.32 Å². The van der Waals surface area contributed by atoms with Crippen LogP contribution in [0.15, 0.2) is 18.2 Å². The number of aliphatic carboxylic acids is 1. The van der Waals surface area contributed by atoms with Gasteiger partial charge in [0.05, 0.1) is 0 Å². The topological polar surface area (TPSA) is 66.4 Å². The zero-order valence-corrected chi connectivity index (χ0v) is 12.2. The number of rotatable bonds is 5. The van der Waals surface area contributed by atoms with Crippen molar-refractivity contribution in [3.8, 4) is 0 Å². The molecule has 1 saturated carbocycles. The number of hydrogen-bond donors (Lipinski definition) is 2. The Morgan fingerprint density at radius 2 is 1.85 bits per heavy atom. The SMILES string of the molecule is Cc1cccc(C)c1CC(C)(C(=O)O)C(=O)NC1CC1. The molecule has 1 fully saturated rings. The highest BCUT2D eigenvalue weighted by Crippen LogP contribution is 2.29. The third-order valence-corrected chi connectivity index (χ3v) is 4.06. The van der Waals surface area contributed by atoms with E-state index in [1.165, 1.54) is 6.92 Å². The standard InChI is InChI=1S/C16H21NO3/c1-10-5-4-6-11(2)13(10)9-16(3,15(19)20)14(18)17-12-7-8-12/h4-6,12H,7-9H2,1-3H3,(H,17,18)(H,19,20). The lowest BCUT2D eigenvalue weighted by Crippen LogP contribution is -2.47. The quantitative estimate of drug-likeness (QED) is 0.810. The molecule has 1 amide bonds. The maximum Gasteiger partial charge on any atom is 0.319 e. The van der Waals surface area contributed by atoms with E-state index in [9.17, 15) is 14.7 Å². The molecule has 0 aliphatic heterocycles. The van der Waals surface area contributed by atoms with Crippen molar-refractivity contribution >= 4 is 11.9 Å². The molecule has 20 heavy (non-hydrogen) atoms. The first kappa shape index (κ1) is 14.6. The Morgan fingerprint density at radius 3 is 2.30 bits per heavy atom. The van der Waals surface area contributed by atoms with Gasteiger partial charge >= 0.3 is 5.97 Å². The van der Waals surface area contributed by atoms with Crippen molar-refractivity contribution in [1.29, 1.82) is 0 Å². The maximum atomic E-state index is 12.3. The summed E-state index contributed by atoms with van der Waals surface area (Å²) in [4.78, 5) is 23.9. The van der Waals surface area contributed by atoms with E-state index in [1.54, 1.807) is 0 Å². The minimum atomic E-state index is -1.42. The summed E-state index contributed by atoms with van der Waals surface area (Å²) in [6, 6.07) is 6.00. The van der Waals surface area contributed by atoms with E-state index in [2.05, 4.69) is 5.32 Å².